The molecule has 0 saturated carbocycles. The van der Waals surface area contributed by atoms with Crippen molar-refractivity contribution in [2.24, 2.45) is 0 Å². The van der Waals surface area contributed by atoms with Gasteiger partial charge < -0.3 is 15.2 Å². The molecule has 20 heavy (non-hydrogen) atoms. The molecule has 0 aliphatic heterocycles. The number of benzene rings is 1. The number of aryl methyl sites for hydroxylation is 1. The molecule has 1 unspecified atom stereocenters. The van der Waals surface area contributed by atoms with E-state index in [1.165, 1.54) is 0 Å². The molecule has 0 aliphatic carbocycles. The summed E-state index contributed by atoms with van der Waals surface area (Å²) in [5.41, 5.74) is 1.52. The number of carbonyl (C=O) groups is 1. The maximum absolute atomic E-state index is 11.0. The summed E-state index contributed by atoms with van der Waals surface area (Å²) in [5, 5.41) is 12.8. The summed E-state index contributed by atoms with van der Waals surface area (Å²) in [7, 11) is 1.63. The van der Waals surface area contributed by atoms with Crippen molar-refractivity contribution in [2.75, 3.05) is 12.4 Å². The Balaban J connectivity index is 2.21. The molecule has 2 N–H and O–H groups in total. The zero-order chi connectivity index (χ0) is 14.7. The van der Waals surface area contributed by atoms with Crippen LogP contribution < -0.4 is 10.1 Å². The van der Waals surface area contributed by atoms with Gasteiger partial charge in [-0.2, -0.15) is 0 Å². The summed E-state index contributed by atoms with van der Waals surface area (Å²) >= 11 is 1.14. The highest BCUT2D eigenvalue weighted by molar-refractivity contribution is 7.17. The summed E-state index contributed by atoms with van der Waals surface area (Å²) in [6, 6.07) is 7.67. The van der Waals surface area contributed by atoms with E-state index in [4.69, 9.17) is 9.84 Å². The highest BCUT2D eigenvalue weighted by Gasteiger charge is 2.17. The average molecular weight is 292 g/mol. The molecule has 2 aromatic rings. The highest BCUT2D eigenvalue weighted by Crippen LogP contribution is 2.30. The molecule has 6 heteroatoms. The van der Waals surface area contributed by atoms with Gasteiger partial charge in [0.05, 0.1) is 18.8 Å². The number of ether oxygens (including phenoxy) is 1. The fraction of sp³-hybridized carbons (Fsp3) is 0.286. The number of para-hydroxylation sites is 1. The summed E-state index contributed by atoms with van der Waals surface area (Å²) < 4.78 is 5.32. The van der Waals surface area contributed by atoms with Gasteiger partial charge in [-0.05, 0) is 19.9 Å². The van der Waals surface area contributed by atoms with Gasteiger partial charge in [0, 0.05) is 5.56 Å². The Kier molecular flexibility index (Phi) is 4.24. The first-order valence-electron chi connectivity index (χ1n) is 6.13. The van der Waals surface area contributed by atoms with Crippen molar-refractivity contribution in [3.8, 4) is 5.75 Å². The quantitative estimate of drug-likeness (QED) is 0.884. The van der Waals surface area contributed by atoms with Crippen LogP contribution in [-0.2, 0) is 0 Å². The number of hydrogen-bond acceptors (Lipinski definition) is 5. The van der Waals surface area contributed by atoms with Crippen molar-refractivity contribution in [2.45, 2.75) is 19.9 Å². The number of carboxylic acids is 1. The number of aromatic nitrogens is 1. The zero-order valence-corrected chi connectivity index (χ0v) is 12.3. The maximum Gasteiger partial charge on any atom is 0.347 e. The van der Waals surface area contributed by atoms with E-state index in [1.807, 2.05) is 31.2 Å². The number of aromatic carboxylic acids is 1. The van der Waals surface area contributed by atoms with Crippen LogP contribution in [0.4, 0.5) is 5.13 Å². The molecule has 0 aliphatic rings. The number of hydrogen-bond donors (Lipinski definition) is 2. The average Bonchev–Trinajstić information content (AvgIpc) is 2.79. The van der Waals surface area contributed by atoms with Gasteiger partial charge in [-0.1, -0.05) is 29.5 Å². The van der Waals surface area contributed by atoms with Crippen molar-refractivity contribution in [1.29, 1.82) is 0 Å². The number of nitrogens with zero attached hydrogens (tertiary/aromatic N) is 1. The second-order valence-corrected chi connectivity index (χ2v) is 5.35. The molecular weight excluding hydrogens is 276 g/mol. The largest absolute Gasteiger partial charge is 0.496 e. The highest BCUT2D eigenvalue weighted by atomic mass is 32.1. The van der Waals surface area contributed by atoms with E-state index in [9.17, 15) is 4.79 Å². The number of methoxy groups -OCH3 is 1. The van der Waals surface area contributed by atoms with Crippen LogP contribution in [-0.4, -0.2) is 23.2 Å². The fourth-order valence-electron chi connectivity index (χ4n) is 1.94. The van der Waals surface area contributed by atoms with Crippen LogP contribution in [0.2, 0.25) is 0 Å². The van der Waals surface area contributed by atoms with Gasteiger partial charge in [-0.15, -0.1) is 0 Å². The minimum atomic E-state index is -0.946. The summed E-state index contributed by atoms with van der Waals surface area (Å²) in [6.07, 6.45) is 0. The number of carboxylic acid groups (broad SMARTS) is 1. The number of nitrogens with one attached hydrogen (secondary N) is 1. The van der Waals surface area contributed by atoms with Gasteiger partial charge in [0.25, 0.3) is 0 Å². The molecule has 106 valence electrons. The topological polar surface area (TPSA) is 71.5 Å². The monoisotopic (exact) mass is 292 g/mol. The van der Waals surface area contributed by atoms with Crippen molar-refractivity contribution in [1.82, 2.24) is 4.98 Å². The Morgan fingerprint density at radius 3 is 2.75 bits per heavy atom. The van der Waals surface area contributed by atoms with Crippen molar-refractivity contribution in [3.63, 3.8) is 0 Å². The Bertz CT molecular complexity index is 625. The number of rotatable bonds is 5. The van der Waals surface area contributed by atoms with Crippen molar-refractivity contribution >= 4 is 22.4 Å². The summed E-state index contributed by atoms with van der Waals surface area (Å²) in [4.78, 5) is 15.5. The van der Waals surface area contributed by atoms with E-state index in [-0.39, 0.29) is 10.9 Å². The standard InChI is InChI=1S/C14H16N2O3S/c1-8(10-6-4-5-7-11(10)19-3)15-14-16-9(2)12(20-14)13(17)18/h4-8H,1-3H3,(H,15,16)(H,17,18). The van der Waals surface area contributed by atoms with Crippen LogP contribution in [0.25, 0.3) is 0 Å². The van der Waals surface area contributed by atoms with E-state index in [1.54, 1.807) is 14.0 Å². The minimum Gasteiger partial charge on any atom is -0.496 e. The first-order valence-corrected chi connectivity index (χ1v) is 6.94. The molecule has 5 nitrogen and oxygen atoms in total. The van der Waals surface area contributed by atoms with Crippen LogP contribution in [0.1, 0.15) is 33.9 Å². The second kappa shape index (κ2) is 5.92. The Morgan fingerprint density at radius 2 is 2.15 bits per heavy atom. The van der Waals surface area contributed by atoms with Gasteiger partial charge in [0.1, 0.15) is 10.6 Å². The molecule has 0 radical (unpaired) electrons. The molecule has 0 bridgehead atoms. The summed E-state index contributed by atoms with van der Waals surface area (Å²) in [5.74, 6) is -0.155. The first-order chi connectivity index (χ1) is 9.52. The molecule has 1 atom stereocenters. The molecule has 1 heterocycles. The van der Waals surface area contributed by atoms with E-state index in [0.717, 1.165) is 22.6 Å². The Hall–Kier alpha value is -2.08. The van der Waals surface area contributed by atoms with E-state index in [2.05, 4.69) is 10.3 Å². The molecule has 0 amide bonds. The molecule has 1 aromatic carbocycles. The Morgan fingerprint density at radius 1 is 1.45 bits per heavy atom. The predicted molar refractivity (Wildman–Crippen MR) is 78.8 cm³/mol. The third kappa shape index (κ3) is 2.91. The van der Waals surface area contributed by atoms with Crippen LogP contribution >= 0.6 is 11.3 Å². The lowest BCUT2D eigenvalue weighted by Gasteiger charge is -2.16. The lowest BCUT2D eigenvalue weighted by atomic mass is 10.1. The third-order valence-electron chi connectivity index (χ3n) is 2.94. The first kappa shape index (κ1) is 14.3. The van der Waals surface area contributed by atoms with Crippen molar-refractivity contribution in [3.05, 3.63) is 40.4 Å². The number of anilines is 1. The van der Waals surface area contributed by atoms with Crippen LogP contribution in [0.3, 0.4) is 0 Å². The van der Waals surface area contributed by atoms with Crippen molar-refractivity contribution < 1.29 is 14.6 Å². The van der Waals surface area contributed by atoms with E-state index >= 15 is 0 Å². The SMILES string of the molecule is COc1ccccc1C(C)Nc1nc(C)c(C(=O)O)s1. The fourth-order valence-corrected chi connectivity index (χ4v) is 2.84. The van der Waals surface area contributed by atoms with Crippen LogP contribution in [0.5, 0.6) is 5.75 Å². The van der Waals surface area contributed by atoms with Gasteiger partial charge in [-0.3, -0.25) is 0 Å². The predicted octanol–water partition coefficient (Wildman–Crippen LogP) is 3.33. The molecule has 0 spiro atoms. The zero-order valence-electron chi connectivity index (χ0n) is 11.5. The number of thiazole rings is 1. The van der Waals surface area contributed by atoms with Gasteiger partial charge in [0.2, 0.25) is 0 Å². The van der Waals surface area contributed by atoms with Gasteiger partial charge in [-0.25, -0.2) is 9.78 Å². The molecular formula is C14H16N2O3S. The van der Waals surface area contributed by atoms with Crippen LogP contribution in [0.15, 0.2) is 24.3 Å². The smallest absolute Gasteiger partial charge is 0.347 e. The molecule has 1 aromatic heterocycles. The van der Waals surface area contributed by atoms with Gasteiger partial charge >= 0.3 is 5.97 Å². The van der Waals surface area contributed by atoms with E-state index < -0.39 is 5.97 Å². The second-order valence-electron chi connectivity index (χ2n) is 4.35. The van der Waals surface area contributed by atoms with Crippen LogP contribution in [0, 0.1) is 6.92 Å². The Labute approximate surface area is 121 Å². The maximum atomic E-state index is 11.0. The summed E-state index contributed by atoms with van der Waals surface area (Å²) in [6.45, 7) is 3.67. The lowest BCUT2D eigenvalue weighted by Crippen LogP contribution is -2.07. The van der Waals surface area contributed by atoms with Gasteiger partial charge in [0.15, 0.2) is 5.13 Å². The third-order valence-corrected chi connectivity index (χ3v) is 4.01. The molecule has 0 fully saturated rings. The normalized spacial score (nSPS) is 11.9. The molecule has 2 rings (SSSR count). The lowest BCUT2D eigenvalue weighted by molar-refractivity contribution is 0.0701. The van der Waals surface area contributed by atoms with E-state index in [0.29, 0.717) is 10.8 Å². The molecule has 0 saturated heterocycles. The minimum absolute atomic E-state index is 0.0293.